The molecule has 1 rings (SSSR count). The van der Waals surface area contributed by atoms with E-state index in [2.05, 4.69) is 15.1 Å². The molecule has 6 nitrogen and oxygen atoms in total. The fourth-order valence-electron chi connectivity index (χ4n) is 1.08. The molecule has 1 aliphatic heterocycles. The molecule has 1 atom stereocenters. The lowest BCUT2D eigenvalue weighted by molar-refractivity contribution is 0.127. The van der Waals surface area contributed by atoms with Crippen LogP contribution in [-0.2, 0) is 14.7 Å². The van der Waals surface area contributed by atoms with Crippen molar-refractivity contribution in [3.63, 3.8) is 0 Å². The Morgan fingerprint density at radius 2 is 2.33 bits per heavy atom. The summed E-state index contributed by atoms with van der Waals surface area (Å²) in [6.45, 7) is 1.58. The summed E-state index contributed by atoms with van der Waals surface area (Å²) < 4.78 is 32.5. The molecule has 0 aromatic carbocycles. The highest BCUT2D eigenvalue weighted by Crippen LogP contribution is 2.01. The van der Waals surface area contributed by atoms with E-state index in [1.807, 2.05) is 0 Å². The standard InChI is InChI=1S/C5H12N2O4S/c8-12(9,10)11-7-5-2-1-3-6-4-5/h5-7H,1-4H2,(H,8,9,10). The largest absolute Gasteiger partial charge is 0.413 e. The molecule has 1 fully saturated rings. The normalized spacial score (nSPS) is 25.6. The molecule has 12 heavy (non-hydrogen) atoms. The molecule has 0 aromatic rings. The maximum Gasteiger partial charge on any atom is 0.413 e. The van der Waals surface area contributed by atoms with Crippen LogP contribution in [0.25, 0.3) is 0 Å². The van der Waals surface area contributed by atoms with Crippen LogP contribution in [0, 0.1) is 0 Å². The minimum absolute atomic E-state index is 0.0549. The highest BCUT2D eigenvalue weighted by atomic mass is 32.3. The van der Waals surface area contributed by atoms with Crippen molar-refractivity contribution in [1.82, 2.24) is 10.8 Å². The van der Waals surface area contributed by atoms with Gasteiger partial charge in [-0.3, -0.25) is 4.55 Å². The van der Waals surface area contributed by atoms with Crippen LogP contribution in [0.4, 0.5) is 0 Å². The quantitative estimate of drug-likeness (QED) is 0.399. The first-order valence-electron chi connectivity index (χ1n) is 3.70. The Balaban J connectivity index is 2.22. The van der Waals surface area contributed by atoms with E-state index in [-0.39, 0.29) is 6.04 Å². The lowest BCUT2D eigenvalue weighted by Crippen LogP contribution is -2.43. The molecule has 0 amide bonds. The molecule has 1 saturated heterocycles. The van der Waals surface area contributed by atoms with Gasteiger partial charge in [0.1, 0.15) is 0 Å². The monoisotopic (exact) mass is 196 g/mol. The predicted molar refractivity (Wildman–Crippen MR) is 41.7 cm³/mol. The molecular weight excluding hydrogens is 184 g/mol. The van der Waals surface area contributed by atoms with Gasteiger partial charge in [-0.25, -0.2) is 0 Å². The van der Waals surface area contributed by atoms with Gasteiger partial charge in [-0.05, 0) is 19.4 Å². The molecule has 0 spiro atoms. The summed E-state index contributed by atoms with van der Waals surface area (Å²) in [6, 6.07) is -0.0549. The fourth-order valence-corrected chi connectivity index (χ4v) is 1.34. The highest BCUT2D eigenvalue weighted by molar-refractivity contribution is 7.80. The lowest BCUT2D eigenvalue weighted by atomic mass is 10.1. The number of hydrogen-bond acceptors (Lipinski definition) is 5. The third-order valence-electron chi connectivity index (χ3n) is 1.62. The topological polar surface area (TPSA) is 87.7 Å². The van der Waals surface area contributed by atoms with Crippen LogP contribution >= 0.6 is 0 Å². The van der Waals surface area contributed by atoms with Crippen LogP contribution < -0.4 is 10.8 Å². The molecule has 7 heteroatoms. The van der Waals surface area contributed by atoms with Gasteiger partial charge >= 0.3 is 10.4 Å². The van der Waals surface area contributed by atoms with Crippen LogP contribution in [0.3, 0.4) is 0 Å². The van der Waals surface area contributed by atoms with E-state index in [9.17, 15) is 8.42 Å². The zero-order chi connectivity index (χ0) is 9.03. The third-order valence-corrected chi connectivity index (χ3v) is 1.92. The van der Waals surface area contributed by atoms with Gasteiger partial charge in [0.05, 0.1) is 0 Å². The molecule has 3 N–H and O–H groups in total. The van der Waals surface area contributed by atoms with Gasteiger partial charge in [-0.15, -0.1) is 0 Å². The number of rotatable bonds is 3. The van der Waals surface area contributed by atoms with Crippen molar-refractivity contribution in [1.29, 1.82) is 0 Å². The summed E-state index contributed by atoms with van der Waals surface area (Å²) in [7, 11) is -4.36. The Bertz CT molecular complexity index is 222. The Kier molecular flexibility index (Phi) is 3.41. The first kappa shape index (κ1) is 9.87. The summed E-state index contributed by atoms with van der Waals surface area (Å²) in [5, 5.41) is 3.05. The van der Waals surface area contributed by atoms with Crippen molar-refractivity contribution in [3.8, 4) is 0 Å². The van der Waals surface area contributed by atoms with Crippen LogP contribution in [0.1, 0.15) is 12.8 Å². The maximum atomic E-state index is 10.1. The van der Waals surface area contributed by atoms with E-state index in [4.69, 9.17) is 4.55 Å². The lowest BCUT2D eigenvalue weighted by Gasteiger charge is -2.21. The Morgan fingerprint density at radius 3 is 2.83 bits per heavy atom. The number of piperidine rings is 1. The zero-order valence-corrected chi connectivity index (χ0v) is 7.30. The summed E-state index contributed by atoms with van der Waals surface area (Å²) >= 11 is 0. The summed E-state index contributed by atoms with van der Waals surface area (Å²) in [4.78, 5) is 0. The third kappa shape index (κ3) is 3.98. The van der Waals surface area contributed by atoms with Crippen LogP contribution in [-0.4, -0.2) is 32.1 Å². The van der Waals surface area contributed by atoms with Crippen molar-refractivity contribution < 1.29 is 17.3 Å². The molecule has 0 radical (unpaired) electrons. The summed E-state index contributed by atoms with van der Waals surface area (Å²) in [6.07, 6.45) is 1.80. The second kappa shape index (κ2) is 4.15. The van der Waals surface area contributed by atoms with Crippen molar-refractivity contribution in [2.75, 3.05) is 13.1 Å². The summed E-state index contributed by atoms with van der Waals surface area (Å²) in [5.74, 6) is 0. The molecule has 0 bridgehead atoms. The summed E-state index contributed by atoms with van der Waals surface area (Å²) in [5.41, 5.74) is 2.26. The second-order valence-corrected chi connectivity index (χ2v) is 3.69. The van der Waals surface area contributed by atoms with E-state index in [0.717, 1.165) is 19.4 Å². The predicted octanol–water partition coefficient (Wildman–Crippen LogP) is -0.938. The van der Waals surface area contributed by atoms with Gasteiger partial charge in [0.2, 0.25) is 0 Å². The van der Waals surface area contributed by atoms with Crippen molar-refractivity contribution >= 4 is 10.4 Å². The van der Waals surface area contributed by atoms with Gasteiger partial charge in [0.25, 0.3) is 0 Å². The van der Waals surface area contributed by atoms with Crippen molar-refractivity contribution in [2.45, 2.75) is 18.9 Å². The van der Waals surface area contributed by atoms with E-state index in [1.165, 1.54) is 0 Å². The van der Waals surface area contributed by atoms with Gasteiger partial charge in [-0.1, -0.05) is 0 Å². The SMILES string of the molecule is O=S(=O)(O)ONC1CCCNC1. The average Bonchev–Trinajstić information content (AvgIpc) is 2.02. The average molecular weight is 196 g/mol. The maximum absolute atomic E-state index is 10.1. The van der Waals surface area contributed by atoms with E-state index >= 15 is 0 Å². The van der Waals surface area contributed by atoms with Crippen molar-refractivity contribution in [3.05, 3.63) is 0 Å². The Morgan fingerprint density at radius 1 is 1.58 bits per heavy atom. The smallest absolute Gasteiger partial charge is 0.315 e. The van der Waals surface area contributed by atoms with E-state index in [1.54, 1.807) is 0 Å². The van der Waals surface area contributed by atoms with E-state index in [0.29, 0.717) is 6.54 Å². The number of nitrogens with one attached hydrogen (secondary N) is 2. The van der Waals surface area contributed by atoms with Gasteiger partial charge in [-0.2, -0.15) is 18.2 Å². The Hall–Kier alpha value is -0.210. The van der Waals surface area contributed by atoms with Crippen LogP contribution in [0.2, 0.25) is 0 Å². The molecule has 0 aromatic heterocycles. The molecule has 72 valence electrons. The molecule has 0 saturated carbocycles. The van der Waals surface area contributed by atoms with Crippen LogP contribution in [0.5, 0.6) is 0 Å². The zero-order valence-electron chi connectivity index (χ0n) is 6.49. The van der Waals surface area contributed by atoms with Crippen molar-refractivity contribution in [2.24, 2.45) is 0 Å². The minimum Gasteiger partial charge on any atom is -0.315 e. The first-order chi connectivity index (χ1) is 5.58. The van der Waals surface area contributed by atoms with Gasteiger partial charge in [0.15, 0.2) is 0 Å². The second-order valence-electron chi connectivity index (χ2n) is 2.67. The molecule has 1 heterocycles. The number of hydroxylamine groups is 1. The fraction of sp³-hybridized carbons (Fsp3) is 1.00. The number of hydrogen-bond donors (Lipinski definition) is 3. The molecule has 0 aliphatic carbocycles. The first-order valence-corrected chi connectivity index (χ1v) is 5.06. The molecular formula is C5H12N2O4S. The van der Waals surface area contributed by atoms with E-state index < -0.39 is 10.4 Å². The molecule has 1 unspecified atom stereocenters. The van der Waals surface area contributed by atoms with Gasteiger partial charge in [0, 0.05) is 12.6 Å². The minimum atomic E-state index is -4.36. The van der Waals surface area contributed by atoms with Gasteiger partial charge < -0.3 is 5.32 Å². The highest BCUT2D eigenvalue weighted by Gasteiger charge is 2.15. The molecule has 1 aliphatic rings. The Labute approximate surface area is 71.2 Å². The van der Waals surface area contributed by atoms with Crippen LogP contribution in [0.15, 0.2) is 0 Å².